The van der Waals surface area contributed by atoms with Crippen LogP contribution in [0.15, 0.2) is 29.3 Å². The van der Waals surface area contributed by atoms with Crippen LogP contribution in [0, 0.1) is 0 Å². The van der Waals surface area contributed by atoms with Crippen molar-refractivity contribution in [2.24, 2.45) is 4.99 Å². The molecule has 0 unspecified atom stereocenters. The predicted octanol–water partition coefficient (Wildman–Crippen LogP) is 3.16. The lowest BCUT2D eigenvalue weighted by Crippen LogP contribution is -1.93. The number of benzene rings is 1. The molecule has 0 aliphatic rings. The Bertz CT molecular complexity index is 297. The molecule has 0 saturated heterocycles. The minimum Gasteiger partial charge on any atom is -0.397 e. The van der Waals surface area contributed by atoms with Crippen molar-refractivity contribution >= 4 is 17.1 Å². The lowest BCUT2D eigenvalue weighted by Gasteiger charge is -2.02. The standard InChI is InChI=1S/C11H16N2/c1-3-9(4-2)13-11-8-6-5-7-10(11)12/h5-8H,3-4,12H2,1-2H3. The van der Waals surface area contributed by atoms with E-state index < -0.39 is 0 Å². The maximum atomic E-state index is 5.77. The molecule has 0 radical (unpaired) electrons. The fraction of sp³-hybridized carbons (Fsp3) is 0.364. The van der Waals surface area contributed by atoms with Crippen molar-refractivity contribution in [3.63, 3.8) is 0 Å². The van der Waals surface area contributed by atoms with Gasteiger partial charge < -0.3 is 5.73 Å². The molecule has 13 heavy (non-hydrogen) atoms. The van der Waals surface area contributed by atoms with Gasteiger partial charge in [0.05, 0.1) is 11.4 Å². The van der Waals surface area contributed by atoms with Crippen LogP contribution >= 0.6 is 0 Å². The average Bonchev–Trinajstić information content (AvgIpc) is 2.17. The van der Waals surface area contributed by atoms with Gasteiger partial charge in [-0.1, -0.05) is 26.0 Å². The van der Waals surface area contributed by atoms with Crippen molar-refractivity contribution in [2.45, 2.75) is 26.7 Å². The van der Waals surface area contributed by atoms with E-state index in [2.05, 4.69) is 18.8 Å². The molecule has 1 rings (SSSR count). The number of rotatable bonds is 3. The highest BCUT2D eigenvalue weighted by Crippen LogP contribution is 2.21. The second-order valence-corrected chi connectivity index (χ2v) is 2.94. The topological polar surface area (TPSA) is 38.4 Å². The van der Waals surface area contributed by atoms with Crippen LogP contribution in [0.3, 0.4) is 0 Å². The van der Waals surface area contributed by atoms with Gasteiger partial charge in [-0.2, -0.15) is 0 Å². The monoisotopic (exact) mass is 176 g/mol. The summed E-state index contributed by atoms with van der Waals surface area (Å²) < 4.78 is 0. The molecule has 0 aromatic heterocycles. The smallest absolute Gasteiger partial charge is 0.0858 e. The number of nitrogen functional groups attached to an aromatic ring is 1. The van der Waals surface area contributed by atoms with Crippen molar-refractivity contribution in [1.29, 1.82) is 0 Å². The first kappa shape index (κ1) is 9.78. The first-order valence-electron chi connectivity index (χ1n) is 4.68. The van der Waals surface area contributed by atoms with Gasteiger partial charge in [0.25, 0.3) is 0 Å². The molecule has 2 N–H and O–H groups in total. The molecule has 2 nitrogen and oxygen atoms in total. The number of anilines is 1. The maximum Gasteiger partial charge on any atom is 0.0858 e. The summed E-state index contributed by atoms with van der Waals surface area (Å²) in [5.41, 5.74) is 8.61. The third-order valence-corrected chi connectivity index (χ3v) is 2.03. The third kappa shape index (κ3) is 2.58. The van der Waals surface area contributed by atoms with E-state index in [-0.39, 0.29) is 0 Å². The van der Waals surface area contributed by atoms with Gasteiger partial charge in [-0.05, 0) is 25.0 Å². The maximum absolute atomic E-state index is 5.77. The molecule has 0 fully saturated rings. The Morgan fingerprint density at radius 2 is 1.85 bits per heavy atom. The first-order valence-corrected chi connectivity index (χ1v) is 4.68. The van der Waals surface area contributed by atoms with Crippen molar-refractivity contribution in [3.05, 3.63) is 24.3 Å². The van der Waals surface area contributed by atoms with E-state index in [9.17, 15) is 0 Å². The molecule has 0 saturated carbocycles. The summed E-state index contributed by atoms with van der Waals surface area (Å²) in [4.78, 5) is 4.49. The zero-order valence-corrected chi connectivity index (χ0v) is 8.25. The summed E-state index contributed by atoms with van der Waals surface area (Å²) in [7, 11) is 0. The summed E-state index contributed by atoms with van der Waals surface area (Å²) >= 11 is 0. The number of nitrogens with two attached hydrogens (primary N) is 1. The number of para-hydroxylation sites is 2. The van der Waals surface area contributed by atoms with Crippen molar-refractivity contribution in [3.8, 4) is 0 Å². The van der Waals surface area contributed by atoms with Gasteiger partial charge in [-0.25, -0.2) is 0 Å². The fourth-order valence-corrected chi connectivity index (χ4v) is 1.17. The van der Waals surface area contributed by atoms with Crippen LogP contribution in [-0.2, 0) is 0 Å². The highest BCUT2D eigenvalue weighted by molar-refractivity contribution is 5.87. The van der Waals surface area contributed by atoms with E-state index in [0.717, 1.165) is 24.2 Å². The number of hydrogen-bond acceptors (Lipinski definition) is 2. The van der Waals surface area contributed by atoms with E-state index in [1.54, 1.807) is 0 Å². The lowest BCUT2D eigenvalue weighted by atomic mass is 10.2. The highest BCUT2D eigenvalue weighted by atomic mass is 14.8. The Labute approximate surface area is 79.5 Å². The normalized spacial score (nSPS) is 9.69. The molecule has 0 bridgehead atoms. The number of aliphatic imine (C=N–C) groups is 1. The van der Waals surface area contributed by atoms with Gasteiger partial charge in [0.1, 0.15) is 0 Å². The molecular weight excluding hydrogens is 160 g/mol. The quantitative estimate of drug-likeness (QED) is 0.557. The first-order chi connectivity index (χ1) is 6.27. The van der Waals surface area contributed by atoms with Crippen LogP contribution in [0.25, 0.3) is 0 Å². The van der Waals surface area contributed by atoms with E-state index in [4.69, 9.17) is 5.73 Å². The van der Waals surface area contributed by atoms with E-state index in [1.807, 2.05) is 24.3 Å². The van der Waals surface area contributed by atoms with Crippen molar-refractivity contribution in [1.82, 2.24) is 0 Å². The summed E-state index contributed by atoms with van der Waals surface area (Å²) in [6.45, 7) is 4.23. The average molecular weight is 176 g/mol. The molecule has 0 spiro atoms. The molecule has 0 aliphatic heterocycles. The summed E-state index contributed by atoms with van der Waals surface area (Å²) in [6, 6.07) is 7.70. The molecule has 1 aromatic rings. The summed E-state index contributed by atoms with van der Waals surface area (Å²) in [5.74, 6) is 0. The van der Waals surface area contributed by atoms with Crippen LogP contribution in [0.1, 0.15) is 26.7 Å². The molecule has 0 atom stereocenters. The number of hydrogen-bond donors (Lipinski definition) is 1. The van der Waals surface area contributed by atoms with E-state index in [0.29, 0.717) is 0 Å². The molecule has 1 aromatic carbocycles. The summed E-state index contributed by atoms with van der Waals surface area (Å²) in [5, 5.41) is 0. The van der Waals surface area contributed by atoms with Crippen LogP contribution in [0.4, 0.5) is 11.4 Å². The third-order valence-electron chi connectivity index (χ3n) is 2.03. The second-order valence-electron chi connectivity index (χ2n) is 2.94. The molecule has 0 heterocycles. The Morgan fingerprint density at radius 1 is 1.23 bits per heavy atom. The molecular formula is C11H16N2. The van der Waals surface area contributed by atoms with Gasteiger partial charge >= 0.3 is 0 Å². The van der Waals surface area contributed by atoms with Gasteiger partial charge in [-0.3, -0.25) is 4.99 Å². The summed E-state index contributed by atoms with van der Waals surface area (Å²) in [6.07, 6.45) is 1.98. The fourth-order valence-electron chi connectivity index (χ4n) is 1.17. The Kier molecular flexibility index (Phi) is 3.50. The Balaban J connectivity index is 2.95. The minimum atomic E-state index is 0.752. The van der Waals surface area contributed by atoms with Gasteiger partial charge in [0.2, 0.25) is 0 Å². The van der Waals surface area contributed by atoms with Crippen LogP contribution in [-0.4, -0.2) is 5.71 Å². The van der Waals surface area contributed by atoms with E-state index in [1.165, 1.54) is 5.71 Å². The van der Waals surface area contributed by atoms with Crippen LogP contribution < -0.4 is 5.73 Å². The number of nitrogens with zero attached hydrogens (tertiary/aromatic N) is 1. The molecule has 70 valence electrons. The highest BCUT2D eigenvalue weighted by Gasteiger charge is 1.96. The zero-order valence-electron chi connectivity index (χ0n) is 8.25. The largest absolute Gasteiger partial charge is 0.397 e. The zero-order chi connectivity index (χ0) is 9.68. The minimum absolute atomic E-state index is 0.752. The van der Waals surface area contributed by atoms with Crippen molar-refractivity contribution in [2.75, 3.05) is 5.73 Å². The molecule has 2 heteroatoms. The van der Waals surface area contributed by atoms with E-state index >= 15 is 0 Å². The van der Waals surface area contributed by atoms with Crippen LogP contribution in [0.2, 0.25) is 0 Å². The molecule has 0 aliphatic carbocycles. The Morgan fingerprint density at radius 3 is 2.38 bits per heavy atom. The van der Waals surface area contributed by atoms with Crippen LogP contribution in [0.5, 0.6) is 0 Å². The predicted molar refractivity (Wildman–Crippen MR) is 58.5 cm³/mol. The van der Waals surface area contributed by atoms with Gasteiger partial charge in [0, 0.05) is 5.71 Å². The van der Waals surface area contributed by atoms with Gasteiger partial charge in [0.15, 0.2) is 0 Å². The lowest BCUT2D eigenvalue weighted by molar-refractivity contribution is 1.15. The second kappa shape index (κ2) is 4.65. The molecule has 0 amide bonds. The Hall–Kier alpha value is -1.31. The SMILES string of the molecule is CCC(CC)=Nc1ccccc1N. The van der Waals surface area contributed by atoms with Crippen molar-refractivity contribution < 1.29 is 0 Å². The van der Waals surface area contributed by atoms with Gasteiger partial charge in [-0.15, -0.1) is 0 Å².